The van der Waals surface area contributed by atoms with Gasteiger partial charge in [-0.1, -0.05) is 0 Å². The third-order valence-corrected chi connectivity index (χ3v) is 2.01. The van der Waals surface area contributed by atoms with Crippen molar-refractivity contribution in [1.82, 2.24) is 19.5 Å². The number of imidazole rings is 1. The Hall–Kier alpha value is -1.93. The van der Waals surface area contributed by atoms with Gasteiger partial charge < -0.3 is 4.57 Å². The average molecular weight is 220 g/mol. The van der Waals surface area contributed by atoms with Gasteiger partial charge in [0.2, 0.25) is 11.1 Å². The van der Waals surface area contributed by atoms with Crippen molar-refractivity contribution in [3.8, 4) is 6.07 Å². The molecule has 0 fully saturated rings. The predicted octanol–water partition coefficient (Wildman–Crippen LogP) is 1.25. The normalized spacial score (nSPS) is 9.87. The first-order valence-corrected chi connectivity index (χ1v) is 4.56. The second-order valence-electron chi connectivity index (χ2n) is 2.81. The van der Waals surface area contributed by atoms with Crippen LogP contribution < -0.4 is 0 Å². The van der Waals surface area contributed by atoms with Crippen LogP contribution in [0.25, 0.3) is 0 Å². The number of halogens is 1. The number of nitriles is 1. The molecule has 2 rings (SSSR count). The van der Waals surface area contributed by atoms with Crippen LogP contribution in [0.15, 0.2) is 24.7 Å². The number of aromatic nitrogens is 4. The maximum atomic E-state index is 8.75. The van der Waals surface area contributed by atoms with E-state index in [0.29, 0.717) is 12.4 Å². The van der Waals surface area contributed by atoms with E-state index in [2.05, 4.69) is 15.0 Å². The number of hydrogen-bond donors (Lipinski definition) is 0. The second kappa shape index (κ2) is 4.07. The number of rotatable bonds is 2. The lowest BCUT2D eigenvalue weighted by atomic mass is 10.4. The Morgan fingerprint density at radius 2 is 2.27 bits per heavy atom. The molecule has 0 saturated carbocycles. The minimum absolute atomic E-state index is 0.200. The maximum Gasteiger partial charge on any atom is 0.222 e. The zero-order chi connectivity index (χ0) is 10.7. The van der Waals surface area contributed by atoms with Gasteiger partial charge in [0.05, 0.1) is 12.2 Å². The molecule has 0 saturated heterocycles. The third-order valence-electron chi connectivity index (χ3n) is 1.83. The van der Waals surface area contributed by atoms with Crippen molar-refractivity contribution in [2.45, 2.75) is 6.54 Å². The highest BCUT2D eigenvalue weighted by molar-refractivity contribution is 6.28. The van der Waals surface area contributed by atoms with Crippen molar-refractivity contribution in [3.05, 3.63) is 41.5 Å². The molecule has 0 amide bonds. The van der Waals surface area contributed by atoms with Crippen molar-refractivity contribution in [2.75, 3.05) is 0 Å². The molecule has 0 unspecified atom stereocenters. The van der Waals surface area contributed by atoms with Crippen molar-refractivity contribution in [1.29, 1.82) is 5.26 Å². The molecule has 0 spiro atoms. The van der Waals surface area contributed by atoms with Gasteiger partial charge in [-0.15, -0.1) is 0 Å². The van der Waals surface area contributed by atoms with E-state index in [-0.39, 0.29) is 5.28 Å². The van der Waals surface area contributed by atoms with E-state index in [0.717, 1.165) is 5.69 Å². The van der Waals surface area contributed by atoms with Crippen LogP contribution in [-0.2, 0) is 6.54 Å². The fraction of sp³-hybridized carbons (Fsp3) is 0.111. The van der Waals surface area contributed by atoms with Gasteiger partial charge in [-0.2, -0.15) is 5.26 Å². The van der Waals surface area contributed by atoms with E-state index in [1.54, 1.807) is 29.2 Å². The Balaban J connectivity index is 2.26. The van der Waals surface area contributed by atoms with Gasteiger partial charge in [-0.05, 0) is 17.7 Å². The van der Waals surface area contributed by atoms with Crippen molar-refractivity contribution in [3.63, 3.8) is 0 Å². The van der Waals surface area contributed by atoms with Gasteiger partial charge in [0.15, 0.2) is 0 Å². The molecule has 0 atom stereocenters. The largest absolute Gasteiger partial charge is 0.317 e. The quantitative estimate of drug-likeness (QED) is 0.713. The van der Waals surface area contributed by atoms with Crippen molar-refractivity contribution < 1.29 is 0 Å². The molecule has 15 heavy (non-hydrogen) atoms. The van der Waals surface area contributed by atoms with E-state index in [4.69, 9.17) is 16.9 Å². The number of nitrogens with zero attached hydrogens (tertiary/aromatic N) is 5. The summed E-state index contributed by atoms with van der Waals surface area (Å²) in [6, 6.07) is 3.73. The first-order chi connectivity index (χ1) is 7.29. The summed E-state index contributed by atoms with van der Waals surface area (Å²) < 4.78 is 1.69. The lowest BCUT2D eigenvalue weighted by Gasteiger charge is -2.02. The van der Waals surface area contributed by atoms with Gasteiger partial charge in [0.1, 0.15) is 6.07 Å². The fourth-order valence-corrected chi connectivity index (χ4v) is 1.35. The average Bonchev–Trinajstić information content (AvgIpc) is 2.65. The summed E-state index contributed by atoms with van der Waals surface area (Å²) in [4.78, 5) is 11.7. The molecular formula is C9H6ClN5. The van der Waals surface area contributed by atoms with Crippen LogP contribution >= 0.6 is 11.6 Å². The summed E-state index contributed by atoms with van der Waals surface area (Å²) in [6.45, 7) is 0.463. The standard InChI is InChI=1S/C9H6ClN5/c10-9-13-2-1-7(14-9)6-15-4-3-12-8(15)5-11/h1-4H,6H2. The summed E-state index contributed by atoms with van der Waals surface area (Å²) >= 11 is 5.65. The monoisotopic (exact) mass is 219 g/mol. The first-order valence-electron chi connectivity index (χ1n) is 4.18. The molecule has 0 bridgehead atoms. The highest BCUT2D eigenvalue weighted by Gasteiger charge is 2.03. The first kappa shape index (κ1) is 9.62. The van der Waals surface area contributed by atoms with Crippen LogP contribution in [0.4, 0.5) is 0 Å². The topological polar surface area (TPSA) is 67.4 Å². The van der Waals surface area contributed by atoms with Crippen molar-refractivity contribution in [2.24, 2.45) is 0 Å². The van der Waals surface area contributed by atoms with E-state index in [1.165, 1.54) is 0 Å². The predicted molar refractivity (Wildman–Crippen MR) is 53.1 cm³/mol. The second-order valence-corrected chi connectivity index (χ2v) is 3.15. The maximum absolute atomic E-state index is 8.75. The molecule has 2 heterocycles. The van der Waals surface area contributed by atoms with Gasteiger partial charge in [0, 0.05) is 18.6 Å². The molecule has 0 aliphatic heterocycles. The van der Waals surface area contributed by atoms with Crippen LogP contribution in [0.3, 0.4) is 0 Å². The molecule has 0 aliphatic rings. The van der Waals surface area contributed by atoms with E-state index < -0.39 is 0 Å². The van der Waals surface area contributed by atoms with Crippen LogP contribution in [0, 0.1) is 11.3 Å². The Bertz CT molecular complexity index is 513. The zero-order valence-corrected chi connectivity index (χ0v) is 8.39. The van der Waals surface area contributed by atoms with E-state index >= 15 is 0 Å². The Morgan fingerprint density at radius 3 is 3.00 bits per heavy atom. The molecule has 0 aromatic carbocycles. The van der Waals surface area contributed by atoms with Crippen molar-refractivity contribution >= 4 is 11.6 Å². The summed E-state index contributed by atoms with van der Waals surface area (Å²) in [5.41, 5.74) is 0.740. The Labute approximate surface area is 91.0 Å². The SMILES string of the molecule is N#Cc1nccn1Cc1ccnc(Cl)n1. The molecule has 0 N–H and O–H groups in total. The highest BCUT2D eigenvalue weighted by Crippen LogP contribution is 2.05. The highest BCUT2D eigenvalue weighted by atomic mass is 35.5. The van der Waals surface area contributed by atoms with Gasteiger partial charge in [-0.25, -0.2) is 15.0 Å². The molecule has 5 nitrogen and oxygen atoms in total. The molecule has 6 heteroatoms. The third kappa shape index (κ3) is 2.11. The fourth-order valence-electron chi connectivity index (χ4n) is 1.18. The minimum Gasteiger partial charge on any atom is -0.317 e. The Morgan fingerprint density at radius 1 is 1.40 bits per heavy atom. The lowest BCUT2D eigenvalue weighted by molar-refractivity contribution is 0.756. The summed E-state index contributed by atoms with van der Waals surface area (Å²) in [5.74, 6) is 0.352. The minimum atomic E-state index is 0.200. The number of hydrogen-bond acceptors (Lipinski definition) is 4. The van der Waals surface area contributed by atoms with Gasteiger partial charge in [0.25, 0.3) is 0 Å². The van der Waals surface area contributed by atoms with Crippen LogP contribution in [-0.4, -0.2) is 19.5 Å². The molecule has 74 valence electrons. The molecular weight excluding hydrogens is 214 g/mol. The molecule has 0 radical (unpaired) electrons. The van der Waals surface area contributed by atoms with Crippen LogP contribution in [0.5, 0.6) is 0 Å². The molecule has 0 aliphatic carbocycles. The molecule has 2 aromatic heterocycles. The Kier molecular flexibility index (Phi) is 2.61. The summed E-state index contributed by atoms with van der Waals surface area (Å²) in [7, 11) is 0. The van der Waals surface area contributed by atoms with Gasteiger partial charge >= 0.3 is 0 Å². The lowest BCUT2D eigenvalue weighted by Crippen LogP contribution is -2.03. The van der Waals surface area contributed by atoms with Crippen LogP contribution in [0.1, 0.15) is 11.5 Å². The molecule has 2 aromatic rings. The zero-order valence-electron chi connectivity index (χ0n) is 7.63. The summed E-state index contributed by atoms with van der Waals surface area (Å²) in [5, 5.41) is 8.95. The van der Waals surface area contributed by atoms with Crippen LogP contribution in [0.2, 0.25) is 5.28 Å². The van der Waals surface area contributed by atoms with E-state index in [1.807, 2.05) is 6.07 Å². The summed E-state index contributed by atoms with van der Waals surface area (Å²) in [6.07, 6.45) is 4.86. The van der Waals surface area contributed by atoms with E-state index in [9.17, 15) is 0 Å². The smallest absolute Gasteiger partial charge is 0.222 e. The van der Waals surface area contributed by atoms with Gasteiger partial charge in [-0.3, -0.25) is 0 Å².